The Labute approximate surface area is 124 Å². The van der Waals surface area contributed by atoms with E-state index < -0.39 is 5.54 Å². The Morgan fingerprint density at radius 1 is 1.33 bits per heavy atom. The van der Waals surface area contributed by atoms with Gasteiger partial charge in [-0.05, 0) is 72.0 Å². The van der Waals surface area contributed by atoms with Crippen LogP contribution in [0.1, 0.15) is 39.0 Å². The molecule has 0 unspecified atom stereocenters. The zero-order chi connectivity index (χ0) is 14.8. The number of carbonyl (C=O) groups excluding carboxylic acids is 1. The van der Waals surface area contributed by atoms with E-state index in [1.807, 2.05) is 12.2 Å². The van der Waals surface area contributed by atoms with Gasteiger partial charge in [-0.25, -0.2) is 0 Å². The van der Waals surface area contributed by atoms with Gasteiger partial charge in [-0.3, -0.25) is 4.79 Å². The average molecular weight is 283 g/mol. The Kier molecular flexibility index (Phi) is 2.55. The van der Waals surface area contributed by atoms with E-state index in [0.29, 0.717) is 0 Å². The van der Waals surface area contributed by atoms with E-state index in [2.05, 4.69) is 6.92 Å². The van der Waals surface area contributed by atoms with Crippen LogP contribution in [0.4, 0.5) is 0 Å². The van der Waals surface area contributed by atoms with Crippen molar-refractivity contribution in [2.24, 2.45) is 11.1 Å². The van der Waals surface area contributed by atoms with Gasteiger partial charge in [0.05, 0.1) is 11.6 Å². The molecule has 110 valence electrons. The molecule has 0 aromatic carbocycles. The van der Waals surface area contributed by atoms with Gasteiger partial charge in [-0.1, -0.05) is 19.1 Å². The van der Waals surface area contributed by atoms with Gasteiger partial charge < -0.3 is 10.8 Å². The van der Waals surface area contributed by atoms with E-state index in [9.17, 15) is 9.90 Å². The monoisotopic (exact) mass is 283 g/mol. The fraction of sp³-hybridized carbons (Fsp3) is 0.500. The van der Waals surface area contributed by atoms with E-state index in [-0.39, 0.29) is 17.3 Å². The zero-order valence-electron chi connectivity index (χ0n) is 12.4. The van der Waals surface area contributed by atoms with Crippen molar-refractivity contribution in [2.45, 2.75) is 50.7 Å². The fourth-order valence-electron chi connectivity index (χ4n) is 4.67. The molecule has 0 saturated heterocycles. The largest absolute Gasteiger partial charge is 0.389 e. The lowest BCUT2D eigenvalue weighted by atomic mass is 9.60. The second-order valence-corrected chi connectivity index (χ2v) is 7.14. The number of ketones is 1. The van der Waals surface area contributed by atoms with Crippen molar-refractivity contribution < 1.29 is 9.90 Å². The number of aliphatic hydroxyl groups is 1. The van der Waals surface area contributed by atoms with Crippen molar-refractivity contribution in [3.8, 4) is 0 Å². The third-order valence-electron chi connectivity index (χ3n) is 5.79. The molecule has 0 radical (unpaired) electrons. The molecule has 0 spiro atoms. The zero-order valence-corrected chi connectivity index (χ0v) is 12.4. The van der Waals surface area contributed by atoms with E-state index in [1.54, 1.807) is 12.2 Å². The number of hydrogen-bond donors (Lipinski definition) is 2. The van der Waals surface area contributed by atoms with Crippen LogP contribution in [0.2, 0.25) is 0 Å². The SMILES string of the molecule is C[C@]12CCC3=C(CCC4=CC(=O)C=C[C@]43N)C1=C[C@@H](O)C2. The number of aliphatic hydroxyl groups excluding tert-OH is 1. The van der Waals surface area contributed by atoms with Crippen LogP contribution in [0, 0.1) is 5.41 Å². The molecule has 0 bridgehead atoms. The summed E-state index contributed by atoms with van der Waals surface area (Å²) in [7, 11) is 0. The fourth-order valence-corrected chi connectivity index (χ4v) is 4.67. The third-order valence-corrected chi connectivity index (χ3v) is 5.79. The van der Waals surface area contributed by atoms with Crippen molar-refractivity contribution in [3.63, 3.8) is 0 Å². The van der Waals surface area contributed by atoms with Crippen LogP contribution in [0.25, 0.3) is 0 Å². The first-order chi connectivity index (χ1) is 9.92. The Balaban J connectivity index is 1.87. The van der Waals surface area contributed by atoms with Crippen LogP contribution in [0.5, 0.6) is 0 Å². The number of hydrogen-bond acceptors (Lipinski definition) is 3. The molecule has 0 aromatic rings. The number of fused-ring (bicyclic) bond motifs is 4. The second-order valence-electron chi connectivity index (χ2n) is 7.14. The molecule has 0 aromatic heterocycles. The lowest BCUT2D eigenvalue weighted by Gasteiger charge is -2.46. The standard InChI is InChI=1S/C18H21NO2/c1-17-6-5-15-14(16(17)9-13(21)10-17)3-2-11-8-12(20)4-7-18(11,15)19/h4,7-9,13,21H,2-3,5-6,10,19H2,1H3/t13-,17-,18+/m1/s1. The topological polar surface area (TPSA) is 63.3 Å². The minimum absolute atomic E-state index is 0.0475. The molecule has 3 atom stereocenters. The van der Waals surface area contributed by atoms with Crippen LogP contribution < -0.4 is 5.73 Å². The average Bonchev–Trinajstić information content (AvgIpc) is 2.74. The molecule has 21 heavy (non-hydrogen) atoms. The van der Waals surface area contributed by atoms with Crippen LogP contribution in [0.3, 0.4) is 0 Å². The summed E-state index contributed by atoms with van der Waals surface area (Å²) in [6, 6.07) is 0. The molecule has 0 amide bonds. The van der Waals surface area contributed by atoms with Gasteiger partial charge >= 0.3 is 0 Å². The van der Waals surface area contributed by atoms with Gasteiger partial charge in [0.15, 0.2) is 5.78 Å². The number of allylic oxidation sites excluding steroid dienone is 4. The van der Waals surface area contributed by atoms with Gasteiger partial charge in [0, 0.05) is 0 Å². The van der Waals surface area contributed by atoms with E-state index in [4.69, 9.17) is 5.73 Å². The first-order valence-corrected chi connectivity index (χ1v) is 7.79. The van der Waals surface area contributed by atoms with E-state index in [0.717, 1.165) is 37.7 Å². The van der Waals surface area contributed by atoms with Gasteiger partial charge in [0.1, 0.15) is 0 Å². The highest BCUT2D eigenvalue weighted by Crippen LogP contribution is 2.56. The number of rotatable bonds is 0. The minimum atomic E-state index is -0.572. The molecule has 3 nitrogen and oxygen atoms in total. The second kappa shape index (κ2) is 4.05. The maximum Gasteiger partial charge on any atom is 0.178 e. The Morgan fingerprint density at radius 2 is 2.14 bits per heavy atom. The Hall–Kier alpha value is -1.45. The molecule has 3 heteroatoms. The molecular weight excluding hydrogens is 262 g/mol. The van der Waals surface area contributed by atoms with Gasteiger partial charge in [0.2, 0.25) is 0 Å². The molecule has 3 N–H and O–H groups in total. The van der Waals surface area contributed by atoms with Gasteiger partial charge in [0.25, 0.3) is 0 Å². The Bertz CT molecular complexity index is 667. The highest BCUT2D eigenvalue weighted by atomic mass is 16.3. The van der Waals surface area contributed by atoms with Crippen molar-refractivity contribution in [2.75, 3.05) is 0 Å². The molecule has 0 saturated carbocycles. The maximum absolute atomic E-state index is 11.6. The van der Waals surface area contributed by atoms with E-state index >= 15 is 0 Å². The Morgan fingerprint density at radius 3 is 2.95 bits per heavy atom. The van der Waals surface area contributed by atoms with Crippen molar-refractivity contribution in [1.29, 1.82) is 0 Å². The van der Waals surface area contributed by atoms with Crippen LogP contribution in [-0.2, 0) is 4.79 Å². The van der Waals surface area contributed by atoms with Crippen LogP contribution >= 0.6 is 0 Å². The molecule has 4 rings (SSSR count). The molecular formula is C18H21NO2. The molecule has 4 aliphatic carbocycles. The summed E-state index contributed by atoms with van der Waals surface area (Å²) in [5.74, 6) is 0.0475. The van der Waals surface area contributed by atoms with Crippen LogP contribution in [0.15, 0.2) is 46.6 Å². The summed E-state index contributed by atoms with van der Waals surface area (Å²) in [5.41, 5.74) is 11.2. The molecule has 4 aliphatic rings. The van der Waals surface area contributed by atoms with Gasteiger partial charge in [-0.2, -0.15) is 0 Å². The molecule has 0 heterocycles. The number of nitrogens with two attached hydrogens (primary N) is 1. The quantitative estimate of drug-likeness (QED) is 0.717. The van der Waals surface area contributed by atoms with Crippen molar-refractivity contribution >= 4 is 5.78 Å². The molecule has 0 aliphatic heterocycles. The summed E-state index contributed by atoms with van der Waals surface area (Å²) in [5, 5.41) is 10.0. The summed E-state index contributed by atoms with van der Waals surface area (Å²) in [4.78, 5) is 11.6. The summed E-state index contributed by atoms with van der Waals surface area (Å²) in [6.07, 6.45) is 11.5. The normalized spacial score (nSPS) is 41.3. The first kappa shape index (κ1) is 13.2. The predicted molar refractivity (Wildman–Crippen MR) is 81.5 cm³/mol. The van der Waals surface area contributed by atoms with Crippen molar-refractivity contribution in [3.05, 3.63) is 46.6 Å². The lowest BCUT2D eigenvalue weighted by Crippen LogP contribution is -2.48. The van der Waals surface area contributed by atoms with Gasteiger partial charge in [-0.15, -0.1) is 0 Å². The minimum Gasteiger partial charge on any atom is -0.389 e. The summed E-state index contributed by atoms with van der Waals surface area (Å²) >= 11 is 0. The molecule has 0 fully saturated rings. The predicted octanol–water partition coefficient (Wildman–Crippen LogP) is 2.33. The third kappa shape index (κ3) is 1.71. The van der Waals surface area contributed by atoms with E-state index in [1.165, 1.54) is 16.7 Å². The summed E-state index contributed by atoms with van der Waals surface area (Å²) in [6.45, 7) is 2.26. The van der Waals surface area contributed by atoms with Crippen molar-refractivity contribution in [1.82, 2.24) is 0 Å². The first-order valence-electron chi connectivity index (χ1n) is 7.79. The highest BCUT2D eigenvalue weighted by molar-refractivity contribution is 6.02. The number of carbonyl (C=O) groups is 1. The smallest absolute Gasteiger partial charge is 0.178 e. The van der Waals surface area contributed by atoms with Crippen LogP contribution in [-0.4, -0.2) is 22.5 Å². The maximum atomic E-state index is 11.6. The lowest BCUT2D eigenvalue weighted by molar-refractivity contribution is -0.110. The highest BCUT2D eigenvalue weighted by Gasteiger charge is 2.47. The summed E-state index contributed by atoms with van der Waals surface area (Å²) < 4.78 is 0.